The van der Waals surface area contributed by atoms with Gasteiger partial charge in [0.15, 0.2) is 0 Å². The Morgan fingerprint density at radius 2 is 2.25 bits per heavy atom. The second-order valence-corrected chi connectivity index (χ2v) is 2.18. The molecular formula is C7H12N2O3. The number of aliphatic carboxylic acids is 1. The molecule has 0 aromatic heterocycles. The van der Waals surface area contributed by atoms with Crippen LogP contribution in [0.4, 0.5) is 0 Å². The molecule has 0 aromatic carbocycles. The van der Waals surface area contributed by atoms with Gasteiger partial charge in [0.05, 0.1) is 0 Å². The number of nitrogens with two attached hydrogens (primary N) is 1. The summed E-state index contributed by atoms with van der Waals surface area (Å²) in [5.41, 5.74) is 5.12. The number of carbonyl (C=O) groups excluding carboxylic acids is 1. The fourth-order valence-corrected chi connectivity index (χ4v) is 0.626. The summed E-state index contributed by atoms with van der Waals surface area (Å²) in [6, 6.07) is -0.981. The number of amides is 1. The molecule has 0 spiro atoms. The summed E-state index contributed by atoms with van der Waals surface area (Å²) in [5.74, 6) is -1.49. The topological polar surface area (TPSA) is 92.4 Å². The lowest BCUT2D eigenvalue weighted by atomic mass is 10.2. The van der Waals surface area contributed by atoms with E-state index in [0.29, 0.717) is 0 Å². The normalized spacial score (nSPS) is 12.8. The van der Waals surface area contributed by atoms with Crippen LogP contribution < -0.4 is 11.1 Å². The molecule has 0 aliphatic heterocycles. The molecule has 12 heavy (non-hydrogen) atoms. The Kier molecular flexibility index (Phi) is 4.71. The molecule has 68 valence electrons. The van der Waals surface area contributed by atoms with Gasteiger partial charge in [0.25, 0.3) is 0 Å². The zero-order chi connectivity index (χ0) is 9.56. The van der Waals surface area contributed by atoms with Gasteiger partial charge in [-0.3, -0.25) is 4.79 Å². The predicted molar refractivity (Wildman–Crippen MR) is 43.4 cm³/mol. The fraction of sp³-hybridized carbons (Fsp3) is 0.429. The molecule has 5 heteroatoms. The number of hydrogen-bond donors (Lipinski definition) is 3. The van der Waals surface area contributed by atoms with Gasteiger partial charge in [-0.05, 0) is 0 Å². The molecule has 0 saturated carbocycles. The van der Waals surface area contributed by atoms with Crippen LogP contribution in [0.3, 0.4) is 0 Å². The van der Waals surface area contributed by atoms with E-state index < -0.39 is 12.0 Å². The molecule has 0 heterocycles. The highest BCUT2D eigenvalue weighted by Gasteiger charge is 2.13. The summed E-state index contributed by atoms with van der Waals surface area (Å²) >= 11 is 0. The summed E-state index contributed by atoms with van der Waals surface area (Å²) < 4.78 is 0. The van der Waals surface area contributed by atoms with Crippen molar-refractivity contribution < 1.29 is 14.7 Å². The smallest absolute Gasteiger partial charge is 0.330 e. The average molecular weight is 172 g/mol. The molecule has 0 aromatic rings. The maximum Gasteiger partial charge on any atom is 0.330 e. The van der Waals surface area contributed by atoms with Gasteiger partial charge in [-0.2, -0.15) is 0 Å². The van der Waals surface area contributed by atoms with Crippen LogP contribution >= 0.6 is 0 Å². The average Bonchev–Trinajstić information content (AvgIpc) is 1.96. The monoisotopic (exact) mass is 172 g/mol. The lowest BCUT2D eigenvalue weighted by Gasteiger charge is -2.07. The van der Waals surface area contributed by atoms with Crippen LogP contribution in [0.25, 0.3) is 0 Å². The van der Waals surface area contributed by atoms with Crippen molar-refractivity contribution in [2.24, 2.45) is 5.73 Å². The molecule has 1 amide bonds. The van der Waals surface area contributed by atoms with Crippen LogP contribution in [0, 0.1) is 0 Å². The van der Waals surface area contributed by atoms with Crippen LogP contribution in [0.15, 0.2) is 12.2 Å². The number of carboxylic acids is 1. The van der Waals surface area contributed by atoms with Crippen LogP contribution in [0.2, 0.25) is 0 Å². The minimum Gasteiger partial charge on any atom is -0.479 e. The van der Waals surface area contributed by atoms with Crippen molar-refractivity contribution >= 4 is 11.9 Å². The zero-order valence-electron chi connectivity index (χ0n) is 6.78. The first-order valence-corrected chi connectivity index (χ1v) is 3.44. The Balaban J connectivity index is 4.14. The molecule has 0 aliphatic carbocycles. The second-order valence-electron chi connectivity index (χ2n) is 2.18. The van der Waals surface area contributed by atoms with E-state index in [9.17, 15) is 9.59 Å². The van der Waals surface area contributed by atoms with E-state index in [1.54, 1.807) is 0 Å². The van der Waals surface area contributed by atoms with Crippen molar-refractivity contribution in [3.05, 3.63) is 12.2 Å². The van der Waals surface area contributed by atoms with Gasteiger partial charge in [-0.1, -0.05) is 12.2 Å². The minimum atomic E-state index is -1.10. The van der Waals surface area contributed by atoms with E-state index in [1.807, 2.05) is 0 Å². The van der Waals surface area contributed by atoms with E-state index in [0.717, 1.165) is 0 Å². The molecule has 5 nitrogen and oxygen atoms in total. The predicted octanol–water partition coefficient (Wildman–Crippen LogP) is -0.909. The van der Waals surface area contributed by atoms with Gasteiger partial charge >= 0.3 is 5.97 Å². The third-order valence-electron chi connectivity index (χ3n) is 1.09. The van der Waals surface area contributed by atoms with Crippen molar-refractivity contribution in [1.29, 1.82) is 0 Å². The van der Waals surface area contributed by atoms with E-state index >= 15 is 0 Å². The van der Waals surface area contributed by atoms with Crippen molar-refractivity contribution in [1.82, 2.24) is 5.32 Å². The lowest BCUT2D eigenvalue weighted by molar-refractivity contribution is -0.140. The summed E-state index contributed by atoms with van der Waals surface area (Å²) in [6.07, 6.45) is 2.82. The molecule has 4 N–H and O–H groups in total. The Hall–Kier alpha value is -1.36. The van der Waals surface area contributed by atoms with E-state index in [1.165, 1.54) is 19.1 Å². The number of hydrogen-bond acceptors (Lipinski definition) is 3. The highest BCUT2D eigenvalue weighted by molar-refractivity contribution is 5.83. The maximum atomic E-state index is 10.5. The highest BCUT2D eigenvalue weighted by Crippen LogP contribution is 1.86. The SMILES string of the molecule is CC(=O)N[C@@H](/C=C/CN)C(=O)O. The molecule has 0 radical (unpaired) electrons. The lowest BCUT2D eigenvalue weighted by Crippen LogP contribution is -2.38. The number of nitrogens with one attached hydrogen (secondary N) is 1. The van der Waals surface area contributed by atoms with Crippen molar-refractivity contribution in [2.45, 2.75) is 13.0 Å². The number of rotatable bonds is 4. The van der Waals surface area contributed by atoms with Gasteiger partial charge in [-0.25, -0.2) is 4.79 Å². The minimum absolute atomic E-state index is 0.253. The maximum absolute atomic E-state index is 10.5. The Bertz CT molecular complexity index is 201. The highest BCUT2D eigenvalue weighted by atomic mass is 16.4. The standard InChI is InChI=1S/C7H12N2O3/c1-5(10)9-6(7(11)12)3-2-4-8/h2-3,6H,4,8H2,1H3,(H,9,10)(H,11,12)/b3-2+/t6-/m0/s1. The molecule has 0 saturated heterocycles. The quantitative estimate of drug-likeness (QED) is 0.479. The molecule has 0 bridgehead atoms. The Labute approximate surface area is 70.2 Å². The fourth-order valence-electron chi connectivity index (χ4n) is 0.626. The Morgan fingerprint density at radius 3 is 2.58 bits per heavy atom. The molecule has 0 unspecified atom stereocenters. The molecule has 1 atom stereocenters. The van der Waals surface area contributed by atoms with Crippen LogP contribution in [-0.4, -0.2) is 29.6 Å². The third kappa shape index (κ3) is 4.45. The van der Waals surface area contributed by atoms with Gasteiger partial charge < -0.3 is 16.2 Å². The van der Waals surface area contributed by atoms with Gasteiger partial charge in [0.2, 0.25) is 5.91 Å². The van der Waals surface area contributed by atoms with Crippen molar-refractivity contribution in [2.75, 3.05) is 6.54 Å². The van der Waals surface area contributed by atoms with Crippen LogP contribution in [0.5, 0.6) is 0 Å². The largest absolute Gasteiger partial charge is 0.479 e. The van der Waals surface area contributed by atoms with Crippen molar-refractivity contribution in [3.63, 3.8) is 0 Å². The van der Waals surface area contributed by atoms with Gasteiger partial charge in [0.1, 0.15) is 6.04 Å². The zero-order valence-corrected chi connectivity index (χ0v) is 6.78. The van der Waals surface area contributed by atoms with E-state index in [4.69, 9.17) is 10.8 Å². The molecular weight excluding hydrogens is 160 g/mol. The summed E-state index contributed by atoms with van der Waals surface area (Å²) in [7, 11) is 0. The first-order valence-electron chi connectivity index (χ1n) is 3.44. The summed E-state index contributed by atoms with van der Waals surface area (Å²) in [5, 5.41) is 10.8. The van der Waals surface area contributed by atoms with E-state index in [2.05, 4.69) is 5.32 Å². The van der Waals surface area contributed by atoms with Crippen LogP contribution in [0.1, 0.15) is 6.92 Å². The third-order valence-corrected chi connectivity index (χ3v) is 1.09. The first-order chi connectivity index (χ1) is 5.57. The van der Waals surface area contributed by atoms with Gasteiger partial charge in [-0.15, -0.1) is 0 Å². The van der Waals surface area contributed by atoms with Crippen LogP contribution in [-0.2, 0) is 9.59 Å². The first kappa shape index (κ1) is 10.6. The Morgan fingerprint density at radius 1 is 1.67 bits per heavy atom. The van der Waals surface area contributed by atoms with E-state index in [-0.39, 0.29) is 12.5 Å². The molecule has 0 rings (SSSR count). The second kappa shape index (κ2) is 5.31. The van der Waals surface area contributed by atoms with Crippen molar-refractivity contribution in [3.8, 4) is 0 Å². The molecule has 0 aliphatic rings. The number of carboxylic acid groups (broad SMARTS) is 1. The summed E-state index contributed by atoms with van der Waals surface area (Å²) in [6.45, 7) is 1.51. The van der Waals surface area contributed by atoms with Gasteiger partial charge in [0, 0.05) is 13.5 Å². The number of carbonyl (C=O) groups is 2. The summed E-state index contributed by atoms with van der Waals surface area (Å²) in [4.78, 5) is 20.9. The molecule has 0 fully saturated rings.